The van der Waals surface area contributed by atoms with Crippen LogP contribution in [0.4, 0.5) is 0 Å². The first-order valence-corrected chi connectivity index (χ1v) is 19.4. The van der Waals surface area contributed by atoms with Crippen molar-refractivity contribution in [1.29, 1.82) is 0 Å². The normalized spacial score (nSPS) is 38.2. The van der Waals surface area contributed by atoms with Gasteiger partial charge in [0, 0.05) is 6.92 Å². The lowest BCUT2D eigenvalue weighted by Crippen LogP contribution is -2.66. The zero-order valence-corrected chi connectivity index (χ0v) is 31.6. The summed E-state index contributed by atoms with van der Waals surface area (Å²) in [6.07, 6.45) is -12.0. The molecule has 3 aliphatic heterocycles. The highest BCUT2D eigenvalue weighted by molar-refractivity contribution is 5.73. The lowest BCUT2D eigenvalue weighted by Gasteiger charge is -2.48. The van der Waals surface area contributed by atoms with E-state index < -0.39 is 130 Å². The van der Waals surface area contributed by atoms with E-state index in [1.165, 1.54) is 45.4 Å². The van der Waals surface area contributed by atoms with Crippen molar-refractivity contribution in [2.75, 3.05) is 26.4 Å². The van der Waals surface area contributed by atoms with Gasteiger partial charge in [-0.15, -0.1) is 0 Å². The molecule has 19 heteroatoms. The van der Waals surface area contributed by atoms with E-state index in [-0.39, 0.29) is 6.61 Å². The highest BCUT2D eigenvalue weighted by Gasteiger charge is 2.53. The summed E-state index contributed by atoms with van der Waals surface area (Å²) in [7, 11) is 0. The highest BCUT2D eigenvalue weighted by Crippen LogP contribution is 2.32. The molecule has 3 fully saturated rings. The molecule has 0 aliphatic carbocycles. The predicted octanol–water partition coefficient (Wildman–Crippen LogP) is -3.21. The minimum atomic E-state index is -1.97. The zero-order valence-electron chi connectivity index (χ0n) is 31.6. The molecule has 1 amide bonds. The molecule has 55 heavy (non-hydrogen) atoms. The minimum absolute atomic E-state index is 0.369. The van der Waals surface area contributed by atoms with Crippen LogP contribution in [0.3, 0.4) is 0 Å². The number of aliphatic hydroxyl groups is 11. The Balaban J connectivity index is 1.55. The number of carbonyl (C=O) groups is 1. The summed E-state index contributed by atoms with van der Waals surface area (Å²) in [6, 6.07) is -0.966. The smallest absolute Gasteiger partial charge is 0.217 e. The van der Waals surface area contributed by atoms with Crippen LogP contribution in [0.5, 0.6) is 0 Å². The minimum Gasteiger partial charge on any atom is -0.394 e. The Morgan fingerprint density at radius 3 is 1.60 bits per heavy atom. The SMILES string of the molecule is CCCCCCCCCCC/C=C/C(O)C(COC1OC(CO)C(OC2OC(CO)C(OC3OC(CO)C(O)C(O)C3O)C(O)C2O)C(O)C1O)NC(C)=O. The average molecular weight is 800 g/mol. The Kier molecular flexibility index (Phi) is 21.3. The molecule has 0 bridgehead atoms. The number of aliphatic hydroxyl groups excluding tert-OH is 11. The quantitative estimate of drug-likeness (QED) is 0.0358. The number of amides is 1. The van der Waals surface area contributed by atoms with Gasteiger partial charge >= 0.3 is 0 Å². The maximum absolute atomic E-state index is 11.9. The van der Waals surface area contributed by atoms with Crippen molar-refractivity contribution in [1.82, 2.24) is 5.32 Å². The second kappa shape index (κ2) is 24.5. The van der Waals surface area contributed by atoms with Gasteiger partial charge in [-0.2, -0.15) is 0 Å². The van der Waals surface area contributed by atoms with Crippen LogP contribution in [0.2, 0.25) is 0 Å². The fourth-order valence-electron chi connectivity index (χ4n) is 6.81. The number of hydrogen-bond acceptors (Lipinski definition) is 18. The number of nitrogens with one attached hydrogen (secondary N) is 1. The summed E-state index contributed by atoms with van der Waals surface area (Å²) in [6.45, 7) is 0.666. The summed E-state index contributed by atoms with van der Waals surface area (Å²) in [5, 5.41) is 117. The van der Waals surface area contributed by atoms with Gasteiger partial charge in [-0.25, -0.2) is 0 Å². The lowest BCUT2D eigenvalue weighted by atomic mass is 9.96. The van der Waals surface area contributed by atoms with Crippen LogP contribution in [0, 0.1) is 0 Å². The van der Waals surface area contributed by atoms with E-state index in [9.17, 15) is 61.0 Å². The molecule has 17 atom stereocenters. The first-order valence-electron chi connectivity index (χ1n) is 19.4. The maximum atomic E-state index is 11.9. The summed E-state index contributed by atoms with van der Waals surface area (Å²) < 4.78 is 33.4. The van der Waals surface area contributed by atoms with Gasteiger partial charge in [-0.1, -0.05) is 70.4 Å². The summed E-state index contributed by atoms with van der Waals surface area (Å²) in [5.74, 6) is -0.456. The van der Waals surface area contributed by atoms with E-state index in [1.54, 1.807) is 6.08 Å². The standard InChI is InChI=1S/C36H65NO18/c1-3-4-5-6-7-8-9-10-11-12-13-14-21(42)20(37-19(2)41)18-50-34-30(48)27(45)32(23(16-39)52-34)55-36-31(49)28(46)33(24(17-40)53-36)54-35-29(47)26(44)25(43)22(15-38)51-35/h13-14,20-36,38-40,42-49H,3-12,15-18H2,1-2H3,(H,37,41)/b14-13+. The van der Waals surface area contributed by atoms with Crippen molar-refractivity contribution < 1.29 is 89.4 Å². The molecule has 17 unspecified atom stereocenters. The molecule has 0 aromatic heterocycles. The molecule has 0 aromatic rings. The number of allylic oxidation sites excluding steroid dienone is 1. The Morgan fingerprint density at radius 2 is 1.09 bits per heavy atom. The van der Waals surface area contributed by atoms with Crippen LogP contribution < -0.4 is 5.32 Å². The van der Waals surface area contributed by atoms with Crippen LogP contribution in [-0.2, 0) is 33.2 Å². The van der Waals surface area contributed by atoms with Gasteiger partial charge in [-0.3, -0.25) is 4.79 Å². The molecular formula is C36H65NO18. The summed E-state index contributed by atoms with van der Waals surface area (Å²) >= 11 is 0. The number of unbranched alkanes of at least 4 members (excludes halogenated alkanes) is 9. The molecule has 322 valence electrons. The van der Waals surface area contributed by atoms with Crippen molar-refractivity contribution in [3.8, 4) is 0 Å². The van der Waals surface area contributed by atoms with Crippen molar-refractivity contribution in [3.05, 3.63) is 12.2 Å². The lowest BCUT2D eigenvalue weighted by molar-refractivity contribution is -0.379. The number of rotatable bonds is 23. The van der Waals surface area contributed by atoms with Gasteiger partial charge in [0.05, 0.1) is 38.6 Å². The highest BCUT2D eigenvalue weighted by atomic mass is 16.8. The molecule has 0 aromatic carbocycles. The fraction of sp³-hybridized carbons (Fsp3) is 0.917. The summed E-state index contributed by atoms with van der Waals surface area (Å²) in [4.78, 5) is 11.9. The molecule has 0 spiro atoms. The van der Waals surface area contributed by atoms with Gasteiger partial charge in [0.1, 0.15) is 73.2 Å². The molecular weight excluding hydrogens is 734 g/mol. The van der Waals surface area contributed by atoms with Crippen molar-refractivity contribution in [2.24, 2.45) is 0 Å². The van der Waals surface area contributed by atoms with Crippen LogP contribution in [-0.4, -0.2) is 193 Å². The maximum Gasteiger partial charge on any atom is 0.217 e. The number of hydrogen-bond donors (Lipinski definition) is 12. The van der Waals surface area contributed by atoms with Gasteiger partial charge in [0.2, 0.25) is 5.91 Å². The van der Waals surface area contributed by atoms with E-state index in [4.69, 9.17) is 28.4 Å². The fourth-order valence-corrected chi connectivity index (χ4v) is 6.81. The Bertz CT molecular complexity index is 1100. The largest absolute Gasteiger partial charge is 0.394 e. The topological polar surface area (TPSA) is 307 Å². The van der Waals surface area contributed by atoms with E-state index in [2.05, 4.69) is 12.2 Å². The second-order valence-corrected chi connectivity index (χ2v) is 14.5. The second-order valence-electron chi connectivity index (χ2n) is 14.5. The Labute approximate surface area is 321 Å². The van der Waals surface area contributed by atoms with Gasteiger partial charge in [0.25, 0.3) is 0 Å². The van der Waals surface area contributed by atoms with E-state index in [0.29, 0.717) is 0 Å². The Hall–Kier alpha value is -1.47. The third kappa shape index (κ3) is 13.8. The molecule has 12 N–H and O–H groups in total. The predicted molar refractivity (Wildman–Crippen MR) is 190 cm³/mol. The van der Waals surface area contributed by atoms with Crippen LogP contribution >= 0.6 is 0 Å². The zero-order chi connectivity index (χ0) is 40.7. The first kappa shape index (κ1) is 47.9. The molecule has 3 saturated heterocycles. The molecule has 3 heterocycles. The van der Waals surface area contributed by atoms with Crippen LogP contribution in [0.1, 0.15) is 78.1 Å². The number of ether oxygens (including phenoxy) is 6. The van der Waals surface area contributed by atoms with Crippen LogP contribution in [0.25, 0.3) is 0 Å². The van der Waals surface area contributed by atoms with Gasteiger partial charge in [0.15, 0.2) is 18.9 Å². The van der Waals surface area contributed by atoms with Gasteiger partial charge < -0.3 is 89.9 Å². The van der Waals surface area contributed by atoms with E-state index >= 15 is 0 Å². The number of carbonyl (C=O) groups excluding carboxylic acids is 1. The molecule has 19 nitrogen and oxygen atoms in total. The average Bonchev–Trinajstić information content (AvgIpc) is 3.17. The third-order valence-corrected chi connectivity index (χ3v) is 10.1. The molecule has 3 aliphatic rings. The van der Waals surface area contributed by atoms with Crippen molar-refractivity contribution >= 4 is 5.91 Å². The third-order valence-electron chi connectivity index (χ3n) is 10.1. The van der Waals surface area contributed by atoms with Crippen molar-refractivity contribution in [3.63, 3.8) is 0 Å². The van der Waals surface area contributed by atoms with Gasteiger partial charge in [-0.05, 0) is 12.8 Å². The first-order chi connectivity index (χ1) is 26.3. The summed E-state index contributed by atoms with van der Waals surface area (Å²) in [5.41, 5.74) is 0. The molecule has 3 rings (SSSR count). The van der Waals surface area contributed by atoms with Crippen molar-refractivity contribution in [2.45, 2.75) is 182 Å². The van der Waals surface area contributed by atoms with E-state index in [1.807, 2.05) is 6.08 Å². The van der Waals surface area contributed by atoms with E-state index in [0.717, 1.165) is 25.7 Å². The molecule has 0 saturated carbocycles. The Morgan fingerprint density at radius 1 is 0.636 bits per heavy atom. The van der Waals surface area contributed by atoms with Crippen LogP contribution in [0.15, 0.2) is 12.2 Å². The molecule has 0 radical (unpaired) electrons. The monoisotopic (exact) mass is 799 g/mol.